The van der Waals surface area contributed by atoms with Crippen molar-refractivity contribution in [3.05, 3.63) is 58.1 Å². The number of nitrogens with zero attached hydrogens (tertiary/aromatic N) is 1. The molecule has 2 aromatic rings. The maximum Gasteiger partial charge on any atom is 0.416 e. The molecule has 1 heterocycles. The minimum atomic E-state index is -4.44. The maximum absolute atomic E-state index is 13.0. The molecule has 1 aliphatic heterocycles. The molecule has 7 heteroatoms. The van der Waals surface area contributed by atoms with Gasteiger partial charge in [-0.25, -0.2) is 0 Å². The normalized spacial score (nSPS) is 13.6. The Kier molecular flexibility index (Phi) is 5.65. The lowest BCUT2D eigenvalue weighted by Gasteiger charge is -2.20. The molecule has 0 aromatic heterocycles. The smallest absolute Gasteiger partial charge is 0.416 e. The Balaban J connectivity index is 1.83. The van der Waals surface area contributed by atoms with Gasteiger partial charge in [-0.2, -0.15) is 13.2 Å². The van der Waals surface area contributed by atoms with Gasteiger partial charge in [-0.1, -0.05) is 30.7 Å². The van der Waals surface area contributed by atoms with E-state index in [0.717, 1.165) is 24.1 Å². The van der Waals surface area contributed by atoms with Crippen molar-refractivity contribution in [2.75, 3.05) is 18.1 Å². The van der Waals surface area contributed by atoms with E-state index >= 15 is 0 Å². The molecule has 0 fully saturated rings. The van der Waals surface area contributed by atoms with E-state index in [1.54, 1.807) is 18.2 Å². The van der Waals surface area contributed by atoms with Crippen molar-refractivity contribution < 1.29 is 22.7 Å². The van der Waals surface area contributed by atoms with Crippen molar-refractivity contribution in [3.63, 3.8) is 0 Å². The van der Waals surface area contributed by atoms with E-state index in [1.165, 1.54) is 11.0 Å². The number of carbonyl (C=O) groups excluding carboxylic acids is 1. The van der Waals surface area contributed by atoms with Gasteiger partial charge >= 0.3 is 6.18 Å². The molecule has 1 aliphatic rings. The van der Waals surface area contributed by atoms with E-state index in [2.05, 4.69) is 0 Å². The molecular formula is C20H19ClF3NO2. The summed E-state index contributed by atoms with van der Waals surface area (Å²) in [4.78, 5) is 14.2. The highest BCUT2D eigenvalue weighted by Gasteiger charge is 2.33. The summed E-state index contributed by atoms with van der Waals surface area (Å²) in [5, 5.41) is 0.499. The summed E-state index contributed by atoms with van der Waals surface area (Å²) in [5.74, 6) is 0.262. The van der Waals surface area contributed by atoms with Crippen molar-refractivity contribution in [2.45, 2.75) is 32.4 Å². The van der Waals surface area contributed by atoms with Crippen molar-refractivity contribution >= 4 is 23.2 Å². The second kappa shape index (κ2) is 7.80. The zero-order valence-corrected chi connectivity index (χ0v) is 15.5. The predicted molar refractivity (Wildman–Crippen MR) is 98.4 cm³/mol. The molecule has 0 atom stereocenters. The Morgan fingerprint density at radius 1 is 1.22 bits per heavy atom. The van der Waals surface area contributed by atoms with Crippen LogP contribution in [0.2, 0.25) is 5.02 Å². The summed E-state index contributed by atoms with van der Waals surface area (Å²) >= 11 is 6.00. The summed E-state index contributed by atoms with van der Waals surface area (Å²) in [7, 11) is 0. The molecule has 0 spiro atoms. The molecule has 0 saturated heterocycles. The molecular weight excluding hydrogens is 379 g/mol. The topological polar surface area (TPSA) is 29.5 Å². The van der Waals surface area contributed by atoms with Crippen LogP contribution in [0.25, 0.3) is 0 Å². The molecule has 0 N–H and O–H groups in total. The van der Waals surface area contributed by atoms with Crippen LogP contribution in [0, 0.1) is 0 Å². The first-order valence-corrected chi connectivity index (χ1v) is 9.09. The third-order valence-electron chi connectivity index (χ3n) is 4.44. The van der Waals surface area contributed by atoms with Gasteiger partial charge in [-0.3, -0.25) is 4.79 Å². The molecule has 0 unspecified atom stereocenters. The number of fused-ring (bicyclic) bond motifs is 1. The molecule has 3 nitrogen and oxygen atoms in total. The van der Waals surface area contributed by atoms with Gasteiger partial charge in [0, 0.05) is 22.8 Å². The summed E-state index contributed by atoms with van der Waals surface area (Å²) in [6, 6.07) is 8.60. The summed E-state index contributed by atoms with van der Waals surface area (Å²) < 4.78 is 44.7. The van der Waals surface area contributed by atoms with Crippen LogP contribution < -0.4 is 9.64 Å². The summed E-state index contributed by atoms with van der Waals surface area (Å²) in [5.41, 5.74) is 0.993. The summed E-state index contributed by atoms with van der Waals surface area (Å²) in [6.07, 6.45) is -3.06. The second-order valence-corrected chi connectivity index (χ2v) is 6.85. The Hall–Kier alpha value is -2.21. The Morgan fingerprint density at radius 2 is 2.00 bits per heavy atom. The third-order valence-corrected chi connectivity index (χ3v) is 4.68. The Bertz CT molecular complexity index is 852. The number of halogens is 4. The van der Waals surface area contributed by atoms with E-state index < -0.39 is 11.7 Å². The number of benzene rings is 2. The van der Waals surface area contributed by atoms with Gasteiger partial charge in [0.25, 0.3) is 0 Å². The van der Waals surface area contributed by atoms with E-state index in [9.17, 15) is 18.0 Å². The minimum Gasteiger partial charge on any atom is -0.493 e. The molecule has 144 valence electrons. The highest BCUT2D eigenvalue weighted by atomic mass is 35.5. The van der Waals surface area contributed by atoms with Crippen LogP contribution in [0.1, 0.15) is 30.0 Å². The number of ether oxygens (including phenoxy) is 1. The van der Waals surface area contributed by atoms with Gasteiger partial charge in [0.2, 0.25) is 5.91 Å². The van der Waals surface area contributed by atoms with Gasteiger partial charge in [-0.05, 0) is 42.7 Å². The predicted octanol–water partition coefficient (Wildman–Crippen LogP) is 5.28. The van der Waals surface area contributed by atoms with Crippen LogP contribution in [0.15, 0.2) is 36.4 Å². The van der Waals surface area contributed by atoms with Gasteiger partial charge in [0.15, 0.2) is 0 Å². The first-order chi connectivity index (χ1) is 12.8. The number of amides is 1. The van der Waals surface area contributed by atoms with Gasteiger partial charge < -0.3 is 9.64 Å². The summed E-state index contributed by atoms with van der Waals surface area (Å²) in [6.45, 7) is 2.83. The third kappa shape index (κ3) is 4.38. The molecule has 0 bridgehead atoms. The quantitative estimate of drug-likeness (QED) is 0.687. The van der Waals surface area contributed by atoms with E-state index in [-0.39, 0.29) is 12.3 Å². The van der Waals surface area contributed by atoms with E-state index in [4.69, 9.17) is 16.3 Å². The van der Waals surface area contributed by atoms with Gasteiger partial charge in [0.1, 0.15) is 5.75 Å². The largest absolute Gasteiger partial charge is 0.493 e. The van der Waals surface area contributed by atoms with Crippen LogP contribution >= 0.6 is 11.6 Å². The highest BCUT2D eigenvalue weighted by Crippen LogP contribution is 2.36. The lowest BCUT2D eigenvalue weighted by Crippen LogP contribution is -2.30. The van der Waals surface area contributed by atoms with Crippen LogP contribution in [0.3, 0.4) is 0 Å². The average Bonchev–Trinajstić information content (AvgIpc) is 3.04. The SMILES string of the molecule is CCCOc1cc(Cl)ccc1CC(=O)N1CCc2ccc(C(F)(F)F)cc21. The molecule has 1 amide bonds. The first-order valence-electron chi connectivity index (χ1n) is 8.71. The van der Waals surface area contributed by atoms with Gasteiger partial charge in [-0.15, -0.1) is 0 Å². The van der Waals surface area contributed by atoms with Crippen LogP contribution in [-0.4, -0.2) is 19.1 Å². The molecule has 2 aromatic carbocycles. The first kappa shape index (κ1) is 19.5. The van der Waals surface area contributed by atoms with Crippen LogP contribution in [0.4, 0.5) is 18.9 Å². The molecule has 0 aliphatic carbocycles. The lowest BCUT2D eigenvalue weighted by atomic mass is 10.1. The minimum absolute atomic E-state index is 0.0336. The van der Waals surface area contributed by atoms with Crippen molar-refractivity contribution in [3.8, 4) is 5.75 Å². The van der Waals surface area contributed by atoms with Crippen LogP contribution in [0.5, 0.6) is 5.75 Å². The highest BCUT2D eigenvalue weighted by molar-refractivity contribution is 6.30. The molecule has 3 rings (SSSR count). The lowest BCUT2D eigenvalue weighted by molar-refractivity contribution is -0.137. The zero-order chi connectivity index (χ0) is 19.6. The maximum atomic E-state index is 13.0. The average molecular weight is 398 g/mol. The fraction of sp³-hybridized carbons (Fsp3) is 0.350. The van der Waals surface area contributed by atoms with Crippen molar-refractivity contribution in [1.29, 1.82) is 0 Å². The number of carbonyl (C=O) groups is 1. The Morgan fingerprint density at radius 3 is 2.70 bits per heavy atom. The molecule has 0 radical (unpaired) electrons. The molecule has 0 saturated carbocycles. The van der Waals surface area contributed by atoms with E-state index in [1.807, 2.05) is 6.92 Å². The number of alkyl halides is 3. The molecule has 27 heavy (non-hydrogen) atoms. The fourth-order valence-corrected chi connectivity index (χ4v) is 3.26. The van der Waals surface area contributed by atoms with E-state index in [0.29, 0.717) is 41.6 Å². The standard InChI is InChI=1S/C20H19ClF3NO2/c1-2-9-27-18-12-16(21)6-4-14(18)10-19(26)25-8-7-13-3-5-15(11-17(13)25)20(22,23)24/h3-6,11-12H,2,7-10H2,1H3. The fourth-order valence-electron chi connectivity index (χ4n) is 3.09. The number of anilines is 1. The number of hydrogen-bond acceptors (Lipinski definition) is 2. The Labute approximate surface area is 160 Å². The number of rotatable bonds is 5. The van der Waals surface area contributed by atoms with Crippen LogP contribution in [-0.2, 0) is 23.8 Å². The number of hydrogen-bond donors (Lipinski definition) is 0. The zero-order valence-electron chi connectivity index (χ0n) is 14.8. The van der Waals surface area contributed by atoms with Gasteiger partial charge in [0.05, 0.1) is 18.6 Å². The second-order valence-electron chi connectivity index (χ2n) is 6.41. The van der Waals surface area contributed by atoms with Crippen molar-refractivity contribution in [1.82, 2.24) is 0 Å². The van der Waals surface area contributed by atoms with Crippen molar-refractivity contribution in [2.24, 2.45) is 0 Å². The monoisotopic (exact) mass is 397 g/mol.